The lowest BCUT2D eigenvalue weighted by Gasteiger charge is -2.05. The molecule has 3 rings (SSSR count). The van der Waals surface area contributed by atoms with Gasteiger partial charge in [0, 0.05) is 29.0 Å². The number of amides is 1. The number of nitrogens with two attached hydrogens (primary N) is 1. The van der Waals surface area contributed by atoms with Crippen LogP contribution in [-0.4, -0.2) is 20.4 Å². The molecule has 3 aromatic rings. The average Bonchev–Trinajstić information content (AvgIpc) is 2.97. The van der Waals surface area contributed by atoms with Crippen molar-refractivity contribution in [2.24, 2.45) is 4.99 Å². The number of rotatable bonds is 3. The number of thiazole rings is 1. The molecule has 0 atom stereocenters. The maximum Gasteiger partial charge on any atom is 0.302 e. The van der Waals surface area contributed by atoms with E-state index in [9.17, 15) is 4.79 Å². The molecule has 0 saturated carbocycles. The molecule has 2 aromatic heterocycles. The molecule has 2 N–H and O–H groups in total. The summed E-state index contributed by atoms with van der Waals surface area (Å²) in [6.45, 7) is 0.519. The minimum Gasteiger partial charge on any atom is -0.382 e. The summed E-state index contributed by atoms with van der Waals surface area (Å²) in [5.74, 6) is -0.457. The number of hydrogen-bond donors (Lipinski definition) is 1. The van der Waals surface area contributed by atoms with E-state index in [4.69, 9.17) is 17.3 Å². The second-order valence-corrected chi connectivity index (χ2v) is 5.89. The van der Waals surface area contributed by atoms with Crippen LogP contribution >= 0.6 is 22.9 Å². The Hall–Kier alpha value is -2.51. The maximum absolute atomic E-state index is 12.2. The minimum atomic E-state index is -0.522. The predicted octanol–water partition coefficient (Wildman–Crippen LogP) is 2.36. The van der Waals surface area contributed by atoms with Gasteiger partial charge < -0.3 is 10.3 Å². The number of benzene rings is 1. The van der Waals surface area contributed by atoms with Gasteiger partial charge in [-0.25, -0.2) is 9.97 Å². The van der Waals surface area contributed by atoms with Crippen LogP contribution in [0.5, 0.6) is 0 Å². The number of carbonyl (C=O) groups excluding carboxylic acids is 1. The summed E-state index contributed by atoms with van der Waals surface area (Å²) < 4.78 is 1.84. The van der Waals surface area contributed by atoms with E-state index >= 15 is 0 Å². The lowest BCUT2D eigenvalue weighted by atomic mass is 10.2. The Balaban J connectivity index is 1.93. The third kappa shape index (κ3) is 3.46. The second kappa shape index (κ2) is 6.72. The van der Waals surface area contributed by atoms with E-state index < -0.39 is 5.91 Å². The second-order valence-electron chi connectivity index (χ2n) is 4.61. The van der Waals surface area contributed by atoms with Gasteiger partial charge in [-0.05, 0) is 11.6 Å². The Bertz CT molecular complexity index is 918. The van der Waals surface area contributed by atoms with Crippen molar-refractivity contribution >= 4 is 34.7 Å². The van der Waals surface area contributed by atoms with E-state index in [2.05, 4.69) is 15.0 Å². The Labute approximate surface area is 140 Å². The van der Waals surface area contributed by atoms with Gasteiger partial charge in [-0.1, -0.05) is 29.8 Å². The highest BCUT2D eigenvalue weighted by atomic mass is 35.5. The van der Waals surface area contributed by atoms with Crippen LogP contribution in [0.1, 0.15) is 16.1 Å². The molecule has 6 nitrogen and oxygen atoms in total. The predicted molar refractivity (Wildman–Crippen MR) is 89.2 cm³/mol. The fourth-order valence-corrected chi connectivity index (χ4v) is 2.89. The third-order valence-corrected chi connectivity index (χ3v) is 4.25. The zero-order valence-corrected chi connectivity index (χ0v) is 13.5. The van der Waals surface area contributed by atoms with Crippen molar-refractivity contribution in [1.82, 2.24) is 14.5 Å². The van der Waals surface area contributed by atoms with Crippen molar-refractivity contribution in [2.75, 3.05) is 5.73 Å². The van der Waals surface area contributed by atoms with Crippen LogP contribution in [0, 0.1) is 0 Å². The summed E-state index contributed by atoms with van der Waals surface area (Å²) in [6.07, 6.45) is 4.68. The van der Waals surface area contributed by atoms with Crippen molar-refractivity contribution in [1.29, 1.82) is 0 Å². The van der Waals surface area contributed by atoms with E-state index in [0.29, 0.717) is 16.4 Å². The molecule has 0 saturated heterocycles. The molecule has 0 bridgehead atoms. The van der Waals surface area contributed by atoms with Gasteiger partial charge >= 0.3 is 5.91 Å². The molecule has 0 aliphatic heterocycles. The van der Waals surface area contributed by atoms with Crippen LogP contribution in [0.2, 0.25) is 5.02 Å². The molecule has 2 heterocycles. The molecule has 0 aliphatic rings. The summed E-state index contributed by atoms with van der Waals surface area (Å²) in [5.41, 5.74) is 6.65. The molecule has 0 fully saturated rings. The number of carbonyl (C=O) groups is 1. The fourth-order valence-electron chi connectivity index (χ4n) is 1.97. The van der Waals surface area contributed by atoms with Crippen molar-refractivity contribution in [3.8, 4) is 0 Å². The van der Waals surface area contributed by atoms with Gasteiger partial charge in [-0.3, -0.25) is 4.79 Å². The quantitative estimate of drug-likeness (QED) is 0.789. The highest BCUT2D eigenvalue weighted by molar-refractivity contribution is 7.07. The summed E-state index contributed by atoms with van der Waals surface area (Å²) in [4.78, 5) is 24.6. The van der Waals surface area contributed by atoms with E-state index in [1.807, 2.05) is 40.4 Å². The van der Waals surface area contributed by atoms with Crippen molar-refractivity contribution < 1.29 is 4.79 Å². The van der Waals surface area contributed by atoms with E-state index in [1.165, 1.54) is 23.7 Å². The molecular weight excluding hydrogens is 334 g/mol. The molecule has 1 aromatic carbocycles. The normalized spacial score (nSPS) is 11.6. The minimum absolute atomic E-state index is 0.0465. The zero-order valence-electron chi connectivity index (χ0n) is 11.9. The Morgan fingerprint density at radius 3 is 2.87 bits per heavy atom. The number of hydrogen-bond acceptors (Lipinski definition) is 5. The largest absolute Gasteiger partial charge is 0.382 e. The molecule has 23 heavy (non-hydrogen) atoms. The van der Waals surface area contributed by atoms with Crippen LogP contribution < -0.4 is 10.5 Å². The monoisotopic (exact) mass is 345 g/mol. The Morgan fingerprint density at radius 2 is 2.09 bits per heavy atom. The number of nitrogen functional groups attached to an aromatic ring is 1. The van der Waals surface area contributed by atoms with Gasteiger partial charge in [0.2, 0.25) is 0 Å². The molecule has 0 radical (unpaired) electrons. The average molecular weight is 346 g/mol. The van der Waals surface area contributed by atoms with Crippen molar-refractivity contribution in [3.05, 3.63) is 69.3 Å². The highest BCUT2D eigenvalue weighted by Crippen LogP contribution is 2.15. The first-order valence-electron chi connectivity index (χ1n) is 6.68. The molecule has 0 spiro atoms. The zero-order chi connectivity index (χ0) is 16.2. The fraction of sp³-hybridized carbons (Fsp3) is 0.0667. The molecule has 1 amide bonds. The summed E-state index contributed by atoms with van der Waals surface area (Å²) >= 11 is 7.52. The number of nitrogens with zero attached hydrogens (tertiary/aromatic N) is 4. The smallest absolute Gasteiger partial charge is 0.302 e. The summed E-state index contributed by atoms with van der Waals surface area (Å²) in [7, 11) is 0. The Kier molecular flexibility index (Phi) is 4.50. The van der Waals surface area contributed by atoms with Gasteiger partial charge in [0.25, 0.3) is 0 Å². The summed E-state index contributed by atoms with van der Waals surface area (Å²) in [6, 6.07) is 7.54. The van der Waals surface area contributed by atoms with E-state index in [0.717, 1.165) is 5.56 Å². The van der Waals surface area contributed by atoms with Gasteiger partial charge in [0.15, 0.2) is 16.3 Å². The summed E-state index contributed by atoms with van der Waals surface area (Å²) in [5, 5.41) is 2.52. The number of aromatic nitrogens is 3. The van der Waals surface area contributed by atoms with Crippen LogP contribution in [0.4, 0.5) is 5.82 Å². The van der Waals surface area contributed by atoms with Gasteiger partial charge in [-0.15, -0.1) is 11.3 Å². The first-order chi connectivity index (χ1) is 11.1. The van der Waals surface area contributed by atoms with E-state index in [1.54, 1.807) is 0 Å². The molecular formula is C15H12ClN5OS. The van der Waals surface area contributed by atoms with Crippen molar-refractivity contribution in [3.63, 3.8) is 0 Å². The molecule has 0 unspecified atom stereocenters. The topological polar surface area (TPSA) is 86.2 Å². The van der Waals surface area contributed by atoms with Gasteiger partial charge in [0.1, 0.15) is 0 Å². The van der Waals surface area contributed by atoms with Crippen LogP contribution in [0.15, 0.2) is 53.2 Å². The molecule has 116 valence electrons. The maximum atomic E-state index is 12.2. The van der Waals surface area contributed by atoms with Crippen LogP contribution in [-0.2, 0) is 6.54 Å². The highest BCUT2D eigenvalue weighted by Gasteiger charge is 2.11. The standard InChI is InChI=1S/C15H12ClN5OS/c16-11-4-2-1-3-10(11)9-21-7-8-23-15(21)20-14(22)12-13(17)19-6-5-18-12/h1-8H,9H2,(H2,17,19). The van der Waals surface area contributed by atoms with Gasteiger partial charge in [0.05, 0.1) is 6.54 Å². The Morgan fingerprint density at radius 1 is 1.30 bits per heavy atom. The number of anilines is 1. The first-order valence-corrected chi connectivity index (χ1v) is 7.94. The SMILES string of the molecule is Nc1nccnc1C(=O)N=c1sccn1Cc1ccccc1Cl. The van der Waals surface area contributed by atoms with Gasteiger partial charge in [-0.2, -0.15) is 4.99 Å². The van der Waals surface area contributed by atoms with Crippen LogP contribution in [0.25, 0.3) is 0 Å². The first kappa shape index (κ1) is 15.4. The number of halogens is 1. The van der Waals surface area contributed by atoms with Crippen LogP contribution in [0.3, 0.4) is 0 Å². The molecule has 0 aliphatic carbocycles. The van der Waals surface area contributed by atoms with E-state index in [-0.39, 0.29) is 11.5 Å². The lowest BCUT2D eigenvalue weighted by Crippen LogP contribution is -2.18. The third-order valence-electron chi connectivity index (χ3n) is 3.08. The molecule has 8 heteroatoms. The lowest BCUT2D eigenvalue weighted by molar-refractivity contribution is 0.0993. The van der Waals surface area contributed by atoms with Crippen molar-refractivity contribution in [2.45, 2.75) is 6.54 Å².